The molecular formula is C72H92N14+6. The van der Waals surface area contributed by atoms with Crippen LogP contribution in [0.2, 0.25) is 0 Å². The molecule has 12 rings (SSSR count). The van der Waals surface area contributed by atoms with E-state index in [0.717, 1.165) is 17.1 Å². The van der Waals surface area contributed by atoms with Crippen molar-refractivity contribution in [3.05, 3.63) is 274 Å². The molecule has 0 fully saturated rings. The van der Waals surface area contributed by atoms with Gasteiger partial charge in [-0.1, -0.05) is 81.7 Å². The number of rotatable bonds is 6. The molecule has 4 aromatic carbocycles. The van der Waals surface area contributed by atoms with Gasteiger partial charge < -0.3 is 0 Å². The van der Waals surface area contributed by atoms with E-state index < -0.39 is 0 Å². The van der Waals surface area contributed by atoms with E-state index >= 15 is 0 Å². The zero-order valence-electron chi connectivity index (χ0n) is 54.7. The predicted octanol–water partition coefficient (Wildman–Crippen LogP) is 10.9. The molecule has 8 aromatic heterocycles. The van der Waals surface area contributed by atoms with Gasteiger partial charge in [-0.2, -0.15) is 9.36 Å². The average molecular weight is 1150 g/mol. The molecule has 0 amide bonds. The minimum absolute atomic E-state index is 1.05. The summed E-state index contributed by atoms with van der Waals surface area (Å²) < 4.78 is 25.4. The van der Waals surface area contributed by atoms with E-state index in [1.54, 1.807) is 0 Å². The highest BCUT2D eigenvalue weighted by Gasteiger charge is 2.19. The number of hydrogen-bond donors (Lipinski definition) is 0. The van der Waals surface area contributed by atoms with Gasteiger partial charge >= 0.3 is 0 Å². The molecule has 0 aliphatic heterocycles. The second kappa shape index (κ2) is 28.8. The normalized spacial score (nSPS) is 10.6. The Labute approximate surface area is 511 Å². The van der Waals surface area contributed by atoms with Crippen molar-refractivity contribution in [3.63, 3.8) is 0 Å². The molecule has 12 aromatic rings. The fourth-order valence-corrected chi connectivity index (χ4v) is 10.6. The van der Waals surface area contributed by atoms with Gasteiger partial charge in [0.15, 0.2) is 53.0 Å². The van der Waals surface area contributed by atoms with Crippen LogP contribution in [0.1, 0.15) is 78.5 Å². The van der Waals surface area contributed by atoms with Gasteiger partial charge in [0.1, 0.15) is 22.7 Å². The van der Waals surface area contributed by atoms with Crippen LogP contribution in [0, 0.1) is 96.9 Å². The average Bonchev–Trinajstić information content (AvgIpc) is 4.52. The van der Waals surface area contributed by atoms with Crippen LogP contribution in [0.15, 0.2) is 196 Å². The highest BCUT2D eigenvalue weighted by Crippen LogP contribution is 2.18. The number of hydrogen-bond acceptors (Lipinski definition) is 2. The molecule has 86 heavy (non-hydrogen) atoms. The lowest BCUT2D eigenvalue weighted by molar-refractivity contribution is -0.744. The van der Waals surface area contributed by atoms with Crippen LogP contribution in [-0.2, 0) is 42.3 Å². The van der Waals surface area contributed by atoms with Crippen molar-refractivity contribution < 1.29 is 28.1 Å². The topological polar surface area (TPSA) is 78.6 Å². The van der Waals surface area contributed by atoms with E-state index in [4.69, 9.17) is 0 Å². The highest BCUT2D eigenvalue weighted by atomic mass is 15.4. The van der Waals surface area contributed by atoms with Crippen molar-refractivity contribution in [2.75, 3.05) is 0 Å². The van der Waals surface area contributed by atoms with Gasteiger partial charge in [-0.25, -0.2) is 0 Å². The van der Waals surface area contributed by atoms with E-state index in [9.17, 15) is 0 Å². The summed E-state index contributed by atoms with van der Waals surface area (Å²) in [5.41, 5.74) is 24.6. The van der Waals surface area contributed by atoms with Gasteiger partial charge in [-0.05, 0) is 143 Å². The monoisotopic (exact) mass is 1150 g/mol. The first kappa shape index (κ1) is 64.0. The van der Waals surface area contributed by atoms with Crippen LogP contribution in [0.3, 0.4) is 0 Å². The van der Waals surface area contributed by atoms with Crippen molar-refractivity contribution in [1.29, 1.82) is 0 Å². The second-order valence-electron chi connectivity index (χ2n) is 22.5. The summed E-state index contributed by atoms with van der Waals surface area (Å²) in [6.45, 7) is 29.5. The first-order valence-electron chi connectivity index (χ1n) is 29.3. The Kier molecular flexibility index (Phi) is 21.4. The lowest BCUT2D eigenvalue weighted by Crippen LogP contribution is -2.39. The Hall–Kier alpha value is -9.56. The number of nitrogens with zero attached hydrogens (tertiary/aromatic N) is 14. The fourth-order valence-electron chi connectivity index (χ4n) is 10.6. The summed E-state index contributed by atoms with van der Waals surface area (Å²) in [6.07, 6.45) is 22.6. The number of para-hydroxylation sites is 3. The molecule has 0 aliphatic carbocycles. The van der Waals surface area contributed by atoms with Gasteiger partial charge in [-0.15, -0.1) is 37.5 Å². The Morgan fingerprint density at radius 2 is 0.895 bits per heavy atom. The van der Waals surface area contributed by atoms with Crippen molar-refractivity contribution in [2.24, 2.45) is 42.3 Å². The van der Waals surface area contributed by atoms with Crippen LogP contribution in [0.25, 0.3) is 34.1 Å². The molecule has 444 valence electrons. The third-order valence-electron chi connectivity index (χ3n) is 15.6. The van der Waals surface area contributed by atoms with Gasteiger partial charge in [-0.3, -0.25) is 9.97 Å². The van der Waals surface area contributed by atoms with Gasteiger partial charge in [0.25, 0.3) is 0 Å². The Bertz CT molecular complexity index is 4120. The van der Waals surface area contributed by atoms with Crippen molar-refractivity contribution in [1.82, 2.24) is 38.1 Å². The van der Waals surface area contributed by atoms with Crippen molar-refractivity contribution in [3.8, 4) is 34.1 Å². The number of aromatic nitrogens is 14. The van der Waals surface area contributed by atoms with Gasteiger partial charge in [0.2, 0.25) is 23.8 Å². The molecule has 0 unspecified atom stereocenters. The van der Waals surface area contributed by atoms with E-state index in [1.165, 1.54) is 95.6 Å². The molecule has 14 nitrogen and oxygen atoms in total. The summed E-state index contributed by atoms with van der Waals surface area (Å²) in [4.78, 5) is 8.80. The smallest absolute Gasteiger partial charge is 0.238 e. The third-order valence-corrected chi connectivity index (χ3v) is 15.6. The molecule has 14 heteroatoms. The van der Waals surface area contributed by atoms with Gasteiger partial charge in [0, 0.05) is 70.5 Å². The lowest BCUT2D eigenvalue weighted by Gasteiger charge is -2.08. The Balaban J connectivity index is 0.000000148. The summed E-state index contributed by atoms with van der Waals surface area (Å²) in [6, 6.07) is 44.1. The number of pyridine rings is 2. The molecule has 0 bridgehead atoms. The SMILES string of the molecule is Cc1cc(C)c(-n2ccc[n+]2C)c(C)n1.Cc1ccc(-n2ccc[n+]2C)c(C)c1.Cc1ccccc1-[n+]1cc(C)c(C)n1C.Cc1ccccc1-[n+]1ccc(C)n1C.Cc1ccnc(C)c1-n1ccc[n+]1C.Cc1cn(-c2ccccc2C)[n+](C)c1. The summed E-state index contributed by atoms with van der Waals surface area (Å²) in [7, 11) is 12.3. The minimum atomic E-state index is 1.05. The first-order valence-corrected chi connectivity index (χ1v) is 29.3. The van der Waals surface area contributed by atoms with Crippen LogP contribution < -0.4 is 28.1 Å². The summed E-state index contributed by atoms with van der Waals surface area (Å²) in [5.74, 6) is 0. The van der Waals surface area contributed by atoms with Crippen molar-refractivity contribution >= 4 is 0 Å². The Morgan fingerprint density at radius 3 is 1.35 bits per heavy atom. The predicted molar refractivity (Wildman–Crippen MR) is 344 cm³/mol. The zero-order valence-corrected chi connectivity index (χ0v) is 54.7. The van der Waals surface area contributed by atoms with Crippen LogP contribution in [0.5, 0.6) is 0 Å². The third kappa shape index (κ3) is 15.4. The highest BCUT2D eigenvalue weighted by molar-refractivity contribution is 5.44. The number of aryl methyl sites for hydroxylation is 17. The second-order valence-corrected chi connectivity index (χ2v) is 22.5. The quantitative estimate of drug-likeness (QED) is 0.156. The van der Waals surface area contributed by atoms with Gasteiger partial charge in [0.05, 0.1) is 61.7 Å². The minimum Gasteiger partial charge on any atom is -0.259 e. The fraction of sp³-hybridized carbons (Fsp3) is 0.278. The van der Waals surface area contributed by atoms with Crippen LogP contribution >= 0.6 is 0 Å². The molecule has 0 saturated heterocycles. The molecule has 0 atom stereocenters. The van der Waals surface area contributed by atoms with E-state index in [1.807, 2.05) is 106 Å². The maximum absolute atomic E-state index is 4.50. The van der Waals surface area contributed by atoms with Crippen LogP contribution in [-0.4, -0.2) is 38.1 Å². The lowest BCUT2D eigenvalue weighted by atomic mass is 10.1. The maximum Gasteiger partial charge on any atom is 0.238 e. The molecular weight excluding hydrogens is 1060 g/mol. The molecule has 0 spiro atoms. The zero-order chi connectivity index (χ0) is 62.5. The molecule has 0 N–H and O–H groups in total. The molecule has 0 aliphatic rings. The standard InChI is InChI=1S/C13H17N2.C12H16N3.3C12H15N2.C11H14N3/c1-10-7-5-6-8-13(10)15-9-11(2)12(3)14(15)4;1-9-8-10(2)13-11(3)12(9)15-7-5-6-14(15)4;1-10-5-6-12(11(2)9-10)14-8-4-7-13(14)3;1-10-8-13(3)14(9-10)12-7-5-4-6-11(12)2;1-10-6-4-5-7-12(10)14-9-8-11(2)13(14)3;1-9-5-6-12-10(2)11(9)14-8-4-7-13(14)3/h5-9H,1-4H3;5-8H,1-4H3;3*4-9H,1-3H3;4-8H,1-3H3/q6*+1. The first-order chi connectivity index (χ1) is 41.0. The van der Waals surface area contributed by atoms with E-state index in [-0.39, 0.29) is 0 Å². The Morgan fingerprint density at radius 1 is 0.372 bits per heavy atom. The van der Waals surface area contributed by atoms with E-state index in [2.05, 4.69) is 295 Å². The molecule has 0 radical (unpaired) electrons. The molecule has 0 saturated carbocycles. The summed E-state index contributed by atoms with van der Waals surface area (Å²) in [5, 5.41) is 0. The van der Waals surface area contributed by atoms with Crippen LogP contribution in [0.4, 0.5) is 0 Å². The van der Waals surface area contributed by atoms with Crippen molar-refractivity contribution in [2.45, 2.75) is 96.9 Å². The molecule has 8 heterocycles. The summed E-state index contributed by atoms with van der Waals surface area (Å²) >= 11 is 0. The number of benzene rings is 4. The van der Waals surface area contributed by atoms with E-state index in [0.29, 0.717) is 0 Å². The maximum atomic E-state index is 4.50. The largest absolute Gasteiger partial charge is 0.259 e.